The average Bonchev–Trinajstić information content (AvgIpc) is 2.78. The fourth-order valence-corrected chi connectivity index (χ4v) is 2.18. The maximum absolute atomic E-state index is 10.9. The van der Waals surface area contributed by atoms with Gasteiger partial charge in [0.25, 0.3) is 0 Å². The fraction of sp³-hybridized carbons (Fsp3) is 0. The SMILES string of the molecule is N#Cc1ccc(-c2ccsc2C(=O)O)cc1. The van der Waals surface area contributed by atoms with Gasteiger partial charge in [0.05, 0.1) is 11.6 Å². The van der Waals surface area contributed by atoms with Gasteiger partial charge >= 0.3 is 5.97 Å². The van der Waals surface area contributed by atoms with Gasteiger partial charge < -0.3 is 5.11 Å². The molecular weight excluding hydrogens is 222 g/mol. The Balaban J connectivity index is 2.47. The van der Waals surface area contributed by atoms with E-state index in [1.165, 1.54) is 11.3 Å². The van der Waals surface area contributed by atoms with Crippen molar-refractivity contribution in [3.63, 3.8) is 0 Å². The number of aromatic carboxylic acids is 1. The van der Waals surface area contributed by atoms with Gasteiger partial charge in [-0.15, -0.1) is 11.3 Å². The number of benzene rings is 1. The molecule has 0 atom stereocenters. The number of hydrogen-bond donors (Lipinski definition) is 1. The summed E-state index contributed by atoms with van der Waals surface area (Å²) in [4.78, 5) is 11.3. The molecule has 1 heterocycles. The zero-order chi connectivity index (χ0) is 11.5. The standard InChI is InChI=1S/C12H7NO2S/c13-7-8-1-3-9(4-2-8)10-5-6-16-11(10)12(14)15/h1-6H,(H,14,15). The fourth-order valence-electron chi connectivity index (χ4n) is 1.43. The van der Waals surface area contributed by atoms with Crippen LogP contribution in [0.25, 0.3) is 11.1 Å². The second kappa shape index (κ2) is 4.17. The van der Waals surface area contributed by atoms with E-state index >= 15 is 0 Å². The third kappa shape index (κ3) is 1.81. The Kier molecular flexibility index (Phi) is 2.71. The van der Waals surface area contributed by atoms with Crippen molar-refractivity contribution < 1.29 is 9.90 Å². The molecule has 4 heteroatoms. The molecule has 0 amide bonds. The van der Waals surface area contributed by atoms with Crippen LogP contribution in [0.2, 0.25) is 0 Å². The molecule has 0 aliphatic carbocycles. The Morgan fingerprint density at radius 1 is 1.25 bits per heavy atom. The first-order valence-electron chi connectivity index (χ1n) is 4.53. The quantitative estimate of drug-likeness (QED) is 0.861. The molecule has 16 heavy (non-hydrogen) atoms. The summed E-state index contributed by atoms with van der Waals surface area (Å²) < 4.78 is 0. The maximum atomic E-state index is 10.9. The van der Waals surface area contributed by atoms with Gasteiger partial charge in [-0.2, -0.15) is 5.26 Å². The third-order valence-corrected chi connectivity index (χ3v) is 3.09. The van der Waals surface area contributed by atoms with Gasteiger partial charge in [0.2, 0.25) is 0 Å². The Hall–Kier alpha value is -2.12. The number of carboxylic acids is 1. The van der Waals surface area contributed by atoms with Crippen LogP contribution in [0.3, 0.4) is 0 Å². The normalized spacial score (nSPS) is 9.69. The lowest BCUT2D eigenvalue weighted by atomic mass is 10.1. The molecule has 2 aromatic rings. The molecule has 0 bridgehead atoms. The second-order valence-electron chi connectivity index (χ2n) is 3.16. The zero-order valence-electron chi connectivity index (χ0n) is 8.18. The van der Waals surface area contributed by atoms with Gasteiger partial charge in [-0.1, -0.05) is 12.1 Å². The lowest BCUT2D eigenvalue weighted by Crippen LogP contribution is -1.94. The van der Waals surface area contributed by atoms with Crippen molar-refractivity contribution in [1.82, 2.24) is 0 Å². The first-order valence-corrected chi connectivity index (χ1v) is 5.41. The van der Waals surface area contributed by atoms with Crippen LogP contribution in [0.5, 0.6) is 0 Å². The van der Waals surface area contributed by atoms with Gasteiger partial charge in [-0.05, 0) is 29.1 Å². The number of carbonyl (C=O) groups is 1. The maximum Gasteiger partial charge on any atom is 0.346 e. The van der Waals surface area contributed by atoms with Crippen LogP contribution in [0.4, 0.5) is 0 Å². The first kappa shape index (κ1) is 10.4. The number of carboxylic acid groups (broad SMARTS) is 1. The van der Waals surface area contributed by atoms with Crippen LogP contribution in [-0.2, 0) is 0 Å². The zero-order valence-corrected chi connectivity index (χ0v) is 8.99. The van der Waals surface area contributed by atoms with E-state index in [9.17, 15) is 4.79 Å². The monoisotopic (exact) mass is 229 g/mol. The Morgan fingerprint density at radius 3 is 2.50 bits per heavy atom. The Labute approximate surface area is 96.2 Å². The minimum absolute atomic E-state index is 0.324. The highest BCUT2D eigenvalue weighted by molar-refractivity contribution is 7.12. The van der Waals surface area contributed by atoms with Gasteiger partial charge in [0, 0.05) is 5.56 Å². The van der Waals surface area contributed by atoms with Crippen molar-refractivity contribution in [1.29, 1.82) is 5.26 Å². The highest BCUT2D eigenvalue weighted by atomic mass is 32.1. The van der Waals surface area contributed by atoms with E-state index in [-0.39, 0.29) is 0 Å². The first-order chi connectivity index (χ1) is 7.72. The number of thiophene rings is 1. The van der Waals surface area contributed by atoms with Crippen LogP contribution < -0.4 is 0 Å². The van der Waals surface area contributed by atoms with Crippen molar-refractivity contribution in [2.45, 2.75) is 0 Å². The summed E-state index contributed by atoms with van der Waals surface area (Å²) >= 11 is 1.20. The molecule has 1 aromatic carbocycles. The summed E-state index contributed by atoms with van der Waals surface area (Å²) in [5.74, 6) is -0.922. The lowest BCUT2D eigenvalue weighted by Gasteiger charge is -2.00. The molecule has 1 aromatic heterocycles. The van der Waals surface area contributed by atoms with Crippen LogP contribution in [-0.4, -0.2) is 11.1 Å². The predicted molar refractivity (Wildman–Crippen MR) is 61.4 cm³/mol. The van der Waals surface area contributed by atoms with Crippen molar-refractivity contribution in [2.75, 3.05) is 0 Å². The van der Waals surface area contributed by atoms with E-state index in [1.807, 2.05) is 6.07 Å². The lowest BCUT2D eigenvalue weighted by molar-refractivity contribution is 0.0703. The molecule has 0 aliphatic heterocycles. The molecule has 0 unspecified atom stereocenters. The minimum Gasteiger partial charge on any atom is -0.477 e. The smallest absolute Gasteiger partial charge is 0.346 e. The molecule has 78 valence electrons. The van der Waals surface area contributed by atoms with Gasteiger partial charge in [-0.3, -0.25) is 0 Å². The molecule has 2 rings (SSSR count). The molecule has 0 spiro atoms. The number of rotatable bonds is 2. The number of hydrogen-bond acceptors (Lipinski definition) is 3. The third-order valence-electron chi connectivity index (χ3n) is 2.18. The van der Waals surface area contributed by atoms with E-state index in [0.717, 1.165) is 5.56 Å². The average molecular weight is 229 g/mol. The molecule has 0 radical (unpaired) electrons. The molecule has 0 saturated heterocycles. The van der Waals surface area contributed by atoms with Gasteiger partial charge in [0.15, 0.2) is 0 Å². The van der Waals surface area contributed by atoms with Crippen molar-refractivity contribution in [3.05, 3.63) is 46.2 Å². The Morgan fingerprint density at radius 2 is 1.94 bits per heavy atom. The van der Waals surface area contributed by atoms with E-state index in [0.29, 0.717) is 16.0 Å². The highest BCUT2D eigenvalue weighted by Crippen LogP contribution is 2.28. The van der Waals surface area contributed by atoms with Crippen LogP contribution in [0, 0.1) is 11.3 Å². The number of nitriles is 1. The topological polar surface area (TPSA) is 61.1 Å². The molecule has 0 aliphatic rings. The number of nitrogens with zero attached hydrogens (tertiary/aromatic N) is 1. The summed E-state index contributed by atoms with van der Waals surface area (Å²) in [5.41, 5.74) is 2.08. The van der Waals surface area contributed by atoms with Gasteiger partial charge in [0.1, 0.15) is 4.88 Å². The van der Waals surface area contributed by atoms with Crippen molar-refractivity contribution in [2.24, 2.45) is 0 Å². The van der Waals surface area contributed by atoms with E-state index in [2.05, 4.69) is 0 Å². The summed E-state index contributed by atoms with van der Waals surface area (Å²) in [7, 11) is 0. The summed E-state index contributed by atoms with van der Waals surface area (Å²) in [6.07, 6.45) is 0. The molecule has 0 fully saturated rings. The second-order valence-corrected chi connectivity index (χ2v) is 4.07. The minimum atomic E-state index is -0.922. The molecule has 0 saturated carbocycles. The van der Waals surface area contributed by atoms with E-state index in [1.54, 1.807) is 35.7 Å². The Bertz CT molecular complexity index is 563. The van der Waals surface area contributed by atoms with Gasteiger partial charge in [-0.25, -0.2) is 4.79 Å². The predicted octanol–water partition coefficient (Wildman–Crippen LogP) is 2.98. The molecule has 3 nitrogen and oxygen atoms in total. The molecular formula is C12H7NO2S. The summed E-state index contributed by atoms with van der Waals surface area (Å²) in [6.45, 7) is 0. The van der Waals surface area contributed by atoms with Crippen LogP contribution >= 0.6 is 11.3 Å². The molecule has 1 N–H and O–H groups in total. The van der Waals surface area contributed by atoms with Crippen molar-refractivity contribution in [3.8, 4) is 17.2 Å². The van der Waals surface area contributed by atoms with E-state index < -0.39 is 5.97 Å². The van der Waals surface area contributed by atoms with Crippen LogP contribution in [0.1, 0.15) is 15.2 Å². The largest absolute Gasteiger partial charge is 0.477 e. The van der Waals surface area contributed by atoms with Crippen molar-refractivity contribution >= 4 is 17.3 Å². The van der Waals surface area contributed by atoms with E-state index in [4.69, 9.17) is 10.4 Å². The van der Waals surface area contributed by atoms with Crippen LogP contribution in [0.15, 0.2) is 35.7 Å². The summed E-state index contributed by atoms with van der Waals surface area (Å²) in [5, 5.41) is 19.4. The highest BCUT2D eigenvalue weighted by Gasteiger charge is 2.12. The summed E-state index contributed by atoms with van der Waals surface area (Å²) in [6, 6.07) is 10.7.